The summed E-state index contributed by atoms with van der Waals surface area (Å²) in [6, 6.07) is 12.5. The summed E-state index contributed by atoms with van der Waals surface area (Å²) < 4.78 is 10.5. The first-order valence-corrected chi connectivity index (χ1v) is 10.3. The molecule has 0 amide bonds. The van der Waals surface area contributed by atoms with Crippen molar-refractivity contribution in [2.45, 2.75) is 44.1 Å². The highest BCUT2D eigenvalue weighted by Crippen LogP contribution is 2.25. The molecule has 7 heteroatoms. The molecule has 2 heterocycles. The van der Waals surface area contributed by atoms with Crippen LogP contribution in [0.15, 0.2) is 58.2 Å². The number of carbonyl (C=O) groups is 2. The van der Waals surface area contributed by atoms with E-state index in [9.17, 15) is 9.59 Å². The van der Waals surface area contributed by atoms with Gasteiger partial charge in [-0.3, -0.25) is 4.79 Å². The molecular weight excluding hydrogens is 388 g/mol. The second-order valence-electron chi connectivity index (χ2n) is 6.54. The number of pyridine rings is 1. The number of hydrogen-bond donors (Lipinski definition) is 0. The van der Waals surface area contributed by atoms with Gasteiger partial charge in [0.15, 0.2) is 6.10 Å². The largest absolute Gasteiger partial charge is 0.451 e. The zero-order chi connectivity index (χ0) is 20.8. The van der Waals surface area contributed by atoms with E-state index in [1.807, 2.05) is 25.1 Å². The minimum absolute atomic E-state index is 0.239. The summed E-state index contributed by atoms with van der Waals surface area (Å²) in [5.74, 6) is 0.410. The van der Waals surface area contributed by atoms with Gasteiger partial charge in [-0.25, -0.2) is 9.78 Å². The lowest BCUT2D eigenvalue weighted by Crippen LogP contribution is -2.24. The third-order valence-electron chi connectivity index (χ3n) is 4.32. The quantitative estimate of drug-likeness (QED) is 0.303. The first-order valence-electron chi connectivity index (χ1n) is 9.32. The molecule has 1 atom stereocenters. The highest BCUT2D eigenvalue weighted by atomic mass is 32.2. The lowest BCUT2D eigenvalue weighted by Gasteiger charge is -2.14. The number of aryl methyl sites for hydroxylation is 2. The molecule has 0 unspecified atom stereocenters. The molecule has 3 rings (SSSR count). The van der Waals surface area contributed by atoms with Crippen LogP contribution < -0.4 is 0 Å². The second-order valence-corrected chi connectivity index (χ2v) is 7.50. The van der Waals surface area contributed by atoms with Crippen molar-refractivity contribution in [2.24, 2.45) is 0 Å². The minimum atomic E-state index is -0.897. The summed E-state index contributed by atoms with van der Waals surface area (Å²) in [6.45, 7) is 5.45. The van der Waals surface area contributed by atoms with Gasteiger partial charge in [-0.15, -0.1) is 0 Å². The summed E-state index contributed by atoms with van der Waals surface area (Å²) in [6.07, 6.45) is 1.61. The Balaban J connectivity index is 1.67. The number of rotatable bonds is 8. The maximum atomic E-state index is 12.7. The Morgan fingerprint density at radius 2 is 1.97 bits per heavy atom. The van der Waals surface area contributed by atoms with Gasteiger partial charge in [0.2, 0.25) is 5.78 Å². The van der Waals surface area contributed by atoms with Crippen LogP contribution in [0.2, 0.25) is 0 Å². The smallest absolute Gasteiger partial charge is 0.341 e. The number of hydrogen-bond acceptors (Lipinski definition) is 7. The van der Waals surface area contributed by atoms with Crippen LogP contribution in [0.25, 0.3) is 0 Å². The molecule has 0 saturated carbocycles. The Kier molecular flexibility index (Phi) is 6.82. The molecule has 0 fully saturated rings. The van der Waals surface area contributed by atoms with E-state index < -0.39 is 12.1 Å². The molecule has 0 aliphatic heterocycles. The van der Waals surface area contributed by atoms with Gasteiger partial charge in [-0.05, 0) is 38.0 Å². The first kappa shape index (κ1) is 20.8. The molecule has 0 N–H and O–H groups in total. The molecule has 0 aliphatic carbocycles. The second kappa shape index (κ2) is 9.52. The van der Waals surface area contributed by atoms with Crippen LogP contribution in [0.5, 0.6) is 0 Å². The molecule has 0 spiro atoms. The van der Waals surface area contributed by atoms with E-state index in [-0.39, 0.29) is 5.78 Å². The third-order valence-corrected chi connectivity index (χ3v) is 5.36. The molecule has 1 aromatic carbocycles. The van der Waals surface area contributed by atoms with Gasteiger partial charge in [0.25, 0.3) is 0 Å². The average Bonchev–Trinajstić information content (AvgIpc) is 3.17. The summed E-state index contributed by atoms with van der Waals surface area (Å²) in [5, 5.41) is 4.46. The van der Waals surface area contributed by atoms with Crippen molar-refractivity contribution in [3.05, 3.63) is 76.8 Å². The number of Topliss-reactive ketones (excluding diaryl/α,β-unsaturated/α-hetero) is 1. The van der Waals surface area contributed by atoms with Crippen molar-refractivity contribution in [3.8, 4) is 0 Å². The number of ketones is 1. The normalized spacial score (nSPS) is 11.8. The lowest BCUT2D eigenvalue weighted by atomic mass is 10.0. The molecule has 150 valence electrons. The van der Waals surface area contributed by atoms with Crippen molar-refractivity contribution >= 4 is 23.5 Å². The molecule has 6 nitrogen and oxygen atoms in total. The minimum Gasteiger partial charge on any atom is -0.451 e. The fourth-order valence-corrected chi connectivity index (χ4v) is 3.57. The Labute approximate surface area is 173 Å². The first-order chi connectivity index (χ1) is 14.0. The summed E-state index contributed by atoms with van der Waals surface area (Å²) in [4.78, 5) is 29.5. The lowest BCUT2D eigenvalue weighted by molar-refractivity contribution is 0.0314. The number of thioether (sulfide) groups is 1. The SMILES string of the molecule is CCc1ccc(C(=O)[C@H](C)OC(=O)c2cccnc2SCc2cc(C)on2)cc1. The van der Waals surface area contributed by atoms with Gasteiger partial charge >= 0.3 is 5.97 Å². The predicted molar refractivity (Wildman–Crippen MR) is 110 cm³/mol. The van der Waals surface area contributed by atoms with Gasteiger partial charge < -0.3 is 9.26 Å². The fourth-order valence-electron chi connectivity index (χ4n) is 2.71. The summed E-state index contributed by atoms with van der Waals surface area (Å²) in [7, 11) is 0. The third kappa shape index (κ3) is 5.32. The summed E-state index contributed by atoms with van der Waals surface area (Å²) in [5.41, 5.74) is 2.74. The standard InChI is InChI=1S/C22H22N2O4S/c1-4-16-7-9-17(10-8-16)20(25)15(3)27-22(26)19-6-5-11-23-21(19)29-13-18-12-14(2)28-24-18/h5-12,15H,4,13H2,1-3H3/t15-/m0/s1. The van der Waals surface area contributed by atoms with E-state index in [1.165, 1.54) is 11.8 Å². The van der Waals surface area contributed by atoms with Crippen LogP contribution in [0.1, 0.15) is 51.6 Å². The number of nitrogens with zero attached hydrogens (tertiary/aromatic N) is 2. The average molecular weight is 410 g/mol. The molecule has 3 aromatic rings. The number of esters is 1. The molecule has 0 aliphatic rings. The maximum absolute atomic E-state index is 12.7. The van der Waals surface area contributed by atoms with E-state index in [2.05, 4.69) is 17.1 Å². The monoisotopic (exact) mass is 410 g/mol. The number of benzene rings is 1. The molecule has 2 aromatic heterocycles. The predicted octanol–water partition coefficient (Wildman–Crippen LogP) is 4.66. The van der Waals surface area contributed by atoms with E-state index >= 15 is 0 Å². The molecular formula is C22H22N2O4S. The van der Waals surface area contributed by atoms with E-state index in [4.69, 9.17) is 9.26 Å². The van der Waals surface area contributed by atoms with Crippen LogP contribution in [-0.4, -0.2) is 28.0 Å². The molecule has 29 heavy (non-hydrogen) atoms. The maximum Gasteiger partial charge on any atom is 0.341 e. The van der Waals surface area contributed by atoms with Crippen LogP contribution in [0, 0.1) is 6.92 Å². The number of ether oxygens (including phenoxy) is 1. The van der Waals surface area contributed by atoms with Crippen LogP contribution in [-0.2, 0) is 16.9 Å². The van der Waals surface area contributed by atoms with E-state index in [1.54, 1.807) is 37.4 Å². The number of carbonyl (C=O) groups excluding carboxylic acids is 2. The van der Waals surface area contributed by atoms with Crippen molar-refractivity contribution in [1.29, 1.82) is 0 Å². The van der Waals surface area contributed by atoms with Gasteiger partial charge in [-0.2, -0.15) is 0 Å². The van der Waals surface area contributed by atoms with Crippen molar-refractivity contribution in [2.75, 3.05) is 0 Å². The zero-order valence-electron chi connectivity index (χ0n) is 16.5. The van der Waals surface area contributed by atoms with Gasteiger partial charge in [0, 0.05) is 23.6 Å². The molecule has 0 bridgehead atoms. The highest BCUT2D eigenvalue weighted by Gasteiger charge is 2.22. The Morgan fingerprint density at radius 1 is 1.21 bits per heavy atom. The Hall–Kier alpha value is -2.93. The van der Waals surface area contributed by atoms with Crippen LogP contribution >= 0.6 is 11.8 Å². The Bertz CT molecular complexity index is 998. The number of aromatic nitrogens is 2. The van der Waals surface area contributed by atoms with E-state index in [0.717, 1.165) is 23.4 Å². The van der Waals surface area contributed by atoms with Crippen molar-refractivity contribution in [1.82, 2.24) is 10.1 Å². The topological polar surface area (TPSA) is 82.3 Å². The van der Waals surface area contributed by atoms with Gasteiger partial charge in [-0.1, -0.05) is 48.1 Å². The molecule has 0 saturated heterocycles. The van der Waals surface area contributed by atoms with Gasteiger partial charge in [0.05, 0.1) is 11.3 Å². The summed E-state index contributed by atoms with van der Waals surface area (Å²) >= 11 is 1.36. The van der Waals surface area contributed by atoms with Crippen LogP contribution in [0.3, 0.4) is 0 Å². The van der Waals surface area contributed by atoms with Crippen molar-refractivity contribution in [3.63, 3.8) is 0 Å². The zero-order valence-corrected chi connectivity index (χ0v) is 17.4. The van der Waals surface area contributed by atoms with Crippen molar-refractivity contribution < 1.29 is 18.8 Å². The fraction of sp³-hybridized carbons (Fsp3) is 0.273. The Morgan fingerprint density at radius 3 is 2.62 bits per heavy atom. The van der Waals surface area contributed by atoms with Crippen LogP contribution in [0.4, 0.5) is 0 Å². The molecule has 0 radical (unpaired) electrons. The van der Waals surface area contributed by atoms with Gasteiger partial charge in [0.1, 0.15) is 10.8 Å². The van der Waals surface area contributed by atoms with E-state index in [0.29, 0.717) is 21.9 Å². The highest BCUT2D eigenvalue weighted by molar-refractivity contribution is 7.98.